The molecule has 3 rings (SSSR count). The van der Waals surface area contributed by atoms with Gasteiger partial charge in [0.15, 0.2) is 0 Å². The van der Waals surface area contributed by atoms with E-state index >= 15 is 0 Å². The molecule has 166 valence electrons. The molecule has 1 fully saturated rings. The molecule has 0 radical (unpaired) electrons. The second-order valence-corrected chi connectivity index (χ2v) is 9.58. The van der Waals surface area contributed by atoms with Gasteiger partial charge in [-0.05, 0) is 69.0 Å². The number of rotatable bonds is 6. The molecule has 1 aromatic carbocycles. The predicted octanol–water partition coefficient (Wildman–Crippen LogP) is 3.24. The number of aromatic nitrogens is 1. The van der Waals surface area contributed by atoms with E-state index in [0.717, 1.165) is 12.8 Å². The first-order valence-corrected chi connectivity index (χ1v) is 11.7. The van der Waals surface area contributed by atoms with Crippen molar-refractivity contribution in [1.29, 1.82) is 0 Å². The normalized spacial score (nSPS) is 17.2. The van der Waals surface area contributed by atoms with E-state index in [-0.39, 0.29) is 17.2 Å². The van der Waals surface area contributed by atoms with Crippen molar-refractivity contribution in [2.75, 3.05) is 25.0 Å². The van der Waals surface area contributed by atoms with Crippen LogP contribution in [-0.4, -0.2) is 49.3 Å². The zero-order valence-electron chi connectivity index (χ0n) is 17.9. The average Bonchev–Trinajstić information content (AvgIpc) is 2.74. The van der Waals surface area contributed by atoms with E-state index in [4.69, 9.17) is 4.74 Å². The summed E-state index contributed by atoms with van der Waals surface area (Å²) in [6, 6.07) is 9.05. The molecule has 1 amide bonds. The van der Waals surface area contributed by atoms with Crippen LogP contribution >= 0.6 is 0 Å². The maximum atomic E-state index is 12.8. The lowest BCUT2D eigenvalue weighted by atomic mass is 10.0. The van der Waals surface area contributed by atoms with Crippen molar-refractivity contribution in [2.24, 2.45) is 5.92 Å². The first kappa shape index (κ1) is 22.9. The topological polar surface area (TPSA) is 106 Å². The number of nitrogens with one attached hydrogen (secondary N) is 1. The fraction of sp³-hybridized carbons (Fsp3) is 0.409. The van der Waals surface area contributed by atoms with Crippen LogP contribution in [0.5, 0.6) is 0 Å². The van der Waals surface area contributed by atoms with Gasteiger partial charge in [0.05, 0.1) is 22.8 Å². The third-order valence-electron chi connectivity index (χ3n) is 5.18. The fourth-order valence-electron chi connectivity index (χ4n) is 3.53. The van der Waals surface area contributed by atoms with E-state index in [2.05, 4.69) is 17.2 Å². The van der Waals surface area contributed by atoms with Crippen LogP contribution in [0.15, 0.2) is 41.3 Å². The Bertz CT molecular complexity index is 1070. The predicted molar refractivity (Wildman–Crippen MR) is 116 cm³/mol. The van der Waals surface area contributed by atoms with Crippen LogP contribution in [0.1, 0.15) is 53.2 Å². The van der Waals surface area contributed by atoms with Gasteiger partial charge < -0.3 is 10.1 Å². The zero-order valence-corrected chi connectivity index (χ0v) is 18.7. The number of sulfonamides is 1. The number of pyridine rings is 1. The van der Waals surface area contributed by atoms with Crippen molar-refractivity contribution in [3.8, 4) is 0 Å². The summed E-state index contributed by atoms with van der Waals surface area (Å²) in [6.45, 7) is 6.69. The molecule has 31 heavy (non-hydrogen) atoms. The smallest absolute Gasteiger partial charge is 0.339 e. The minimum atomic E-state index is -3.55. The number of ether oxygens (including phenoxy) is 1. The molecule has 1 saturated heterocycles. The van der Waals surface area contributed by atoms with Gasteiger partial charge in [0.2, 0.25) is 10.0 Å². The number of hydrogen-bond acceptors (Lipinski definition) is 6. The van der Waals surface area contributed by atoms with Crippen molar-refractivity contribution in [3.63, 3.8) is 0 Å². The first-order chi connectivity index (χ1) is 14.7. The molecular weight excluding hydrogens is 418 g/mol. The number of benzene rings is 1. The Labute approximate surface area is 182 Å². The molecule has 1 aliphatic rings. The molecular formula is C22H27N3O5S. The highest BCUT2D eigenvalue weighted by molar-refractivity contribution is 7.89. The summed E-state index contributed by atoms with van der Waals surface area (Å²) in [5.74, 6) is -0.605. The molecule has 8 nitrogen and oxygen atoms in total. The Morgan fingerprint density at radius 2 is 1.90 bits per heavy atom. The van der Waals surface area contributed by atoms with Gasteiger partial charge in [0, 0.05) is 18.8 Å². The number of carbonyl (C=O) groups is 2. The SMILES string of the molecule is CCOC(=O)c1ccc(C(=O)Nc2ccc(S(=O)(=O)N3CCCC(C)C3)cc2)nc1C. The van der Waals surface area contributed by atoms with Gasteiger partial charge in [0.25, 0.3) is 5.91 Å². The lowest BCUT2D eigenvalue weighted by Crippen LogP contribution is -2.39. The summed E-state index contributed by atoms with van der Waals surface area (Å²) < 4.78 is 32.2. The van der Waals surface area contributed by atoms with Gasteiger partial charge in [-0.2, -0.15) is 4.31 Å². The van der Waals surface area contributed by atoms with Crippen molar-refractivity contribution in [1.82, 2.24) is 9.29 Å². The van der Waals surface area contributed by atoms with Crippen LogP contribution in [0.25, 0.3) is 0 Å². The third kappa shape index (κ3) is 5.29. The highest BCUT2D eigenvalue weighted by Crippen LogP contribution is 2.24. The lowest BCUT2D eigenvalue weighted by molar-refractivity contribution is 0.0524. The van der Waals surface area contributed by atoms with E-state index in [9.17, 15) is 18.0 Å². The van der Waals surface area contributed by atoms with Crippen LogP contribution in [0.2, 0.25) is 0 Å². The number of hydrogen-bond donors (Lipinski definition) is 1. The summed E-state index contributed by atoms with van der Waals surface area (Å²) in [4.78, 5) is 28.8. The van der Waals surface area contributed by atoms with Crippen molar-refractivity contribution in [2.45, 2.75) is 38.5 Å². The Hall–Kier alpha value is -2.78. The number of nitrogens with zero attached hydrogens (tertiary/aromatic N) is 2. The largest absolute Gasteiger partial charge is 0.462 e. The standard InChI is InChI=1S/C22H27N3O5S/c1-4-30-22(27)19-11-12-20(23-16(19)3)21(26)24-17-7-9-18(10-8-17)31(28,29)25-13-5-6-15(2)14-25/h7-12,15H,4-6,13-14H2,1-3H3,(H,24,26). The number of carbonyl (C=O) groups excluding carboxylic acids is 2. The summed E-state index contributed by atoms with van der Waals surface area (Å²) in [7, 11) is -3.55. The number of piperidine rings is 1. The Balaban J connectivity index is 1.70. The van der Waals surface area contributed by atoms with Crippen LogP contribution in [0, 0.1) is 12.8 Å². The third-order valence-corrected chi connectivity index (χ3v) is 7.06. The fourth-order valence-corrected chi connectivity index (χ4v) is 5.13. The Morgan fingerprint density at radius 3 is 2.52 bits per heavy atom. The van der Waals surface area contributed by atoms with Gasteiger partial charge >= 0.3 is 5.97 Å². The highest BCUT2D eigenvalue weighted by Gasteiger charge is 2.28. The maximum Gasteiger partial charge on any atom is 0.339 e. The molecule has 2 aromatic rings. The summed E-state index contributed by atoms with van der Waals surface area (Å²) in [5.41, 5.74) is 1.29. The molecule has 1 aromatic heterocycles. The van der Waals surface area contributed by atoms with Crippen molar-refractivity contribution >= 4 is 27.6 Å². The second kappa shape index (κ2) is 9.57. The second-order valence-electron chi connectivity index (χ2n) is 7.64. The monoisotopic (exact) mass is 445 g/mol. The molecule has 1 N–H and O–H groups in total. The number of aryl methyl sites for hydroxylation is 1. The Morgan fingerprint density at radius 1 is 1.19 bits per heavy atom. The van der Waals surface area contributed by atoms with Crippen LogP contribution in [0.3, 0.4) is 0 Å². The molecule has 1 unspecified atom stereocenters. The van der Waals surface area contributed by atoms with Gasteiger partial charge in [-0.3, -0.25) is 4.79 Å². The zero-order chi connectivity index (χ0) is 22.6. The Kier molecular flexibility index (Phi) is 7.07. The van der Waals surface area contributed by atoms with Gasteiger partial charge in [-0.1, -0.05) is 6.92 Å². The summed E-state index contributed by atoms with van der Waals surface area (Å²) in [5, 5.41) is 2.70. The number of anilines is 1. The summed E-state index contributed by atoms with van der Waals surface area (Å²) >= 11 is 0. The van der Waals surface area contributed by atoms with E-state index in [1.165, 1.54) is 28.6 Å². The van der Waals surface area contributed by atoms with E-state index in [1.807, 2.05) is 0 Å². The van der Waals surface area contributed by atoms with Gasteiger partial charge in [0.1, 0.15) is 5.69 Å². The molecule has 1 atom stereocenters. The quantitative estimate of drug-likeness (QED) is 0.685. The van der Waals surface area contributed by atoms with Gasteiger partial charge in [-0.15, -0.1) is 0 Å². The first-order valence-electron chi connectivity index (χ1n) is 10.3. The number of amides is 1. The molecule has 9 heteroatoms. The highest BCUT2D eigenvalue weighted by atomic mass is 32.2. The molecule has 0 spiro atoms. The summed E-state index contributed by atoms with van der Waals surface area (Å²) in [6.07, 6.45) is 1.89. The van der Waals surface area contributed by atoms with E-state index < -0.39 is 21.9 Å². The molecule has 0 aliphatic carbocycles. The van der Waals surface area contributed by atoms with Crippen molar-refractivity contribution < 1.29 is 22.7 Å². The molecule has 0 saturated carbocycles. The lowest BCUT2D eigenvalue weighted by Gasteiger charge is -2.30. The molecule has 1 aliphatic heterocycles. The van der Waals surface area contributed by atoms with Crippen LogP contribution < -0.4 is 5.32 Å². The number of esters is 1. The van der Waals surface area contributed by atoms with E-state index in [1.54, 1.807) is 26.0 Å². The minimum Gasteiger partial charge on any atom is -0.462 e. The minimum absolute atomic E-state index is 0.143. The van der Waals surface area contributed by atoms with E-state index in [0.29, 0.717) is 36.0 Å². The van der Waals surface area contributed by atoms with Crippen LogP contribution in [-0.2, 0) is 14.8 Å². The van der Waals surface area contributed by atoms with Crippen molar-refractivity contribution in [3.05, 3.63) is 53.3 Å². The average molecular weight is 446 g/mol. The molecule has 0 bridgehead atoms. The molecule has 2 heterocycles. The van der Waals surface area contributed by atoms with Gasteiger partial charge in [-0.25, -0.2) is 18.2 Å². The van der Waals surface area contributed by atoms with Crippen LogP contribution in [0.4, 0.5) is 5.69 Å². The maximum absolute atomic E-state index is 12.8.